The third-order valence-corrected chi connectivity index (χ3v) is 4.90. The third kappa shape index (κ3) is 2.00. The summed E-state index contributed by atoms with van der Waals surface area (Å²) < 4.78 is 1.85. The lowest BCUT2D eigenvalue weighted by Gasteiger charge is -1.94. The first-order valence-electron chi connectivity index (χ1n) is 3.69. The summed E-state index contributed by atoms with van der Waals surface area (Å²) in [7, 11) is 0. The molecule has 1 nitrogen and oxygen atoms in total. The van der Waals surface area contributed by atoms with Gasteiger partial charge in [-0.15, -0.1) is 11.3 Å². The van der Waals surface area contributed by atoms with Gasteiger partial charge in [-0.25, -0.2) is 0 Å². The van der Waals surface area contributed by atoms with Crippen LogP contribution in [0.4, 0.5) is 0 Å². The van der Waals surface area contributed by atoms with Crippen molar-refractivity contribution in [1.29, 1.82) is 0 Å². The van der Waals surface area contributed by atoms with Gasteiger partial charge in [0.1, 0.15) is 0 Å². The lowest BCUT2D eigenvalue weighted by Crippen LogP contribution is -1.97. The van der Waals surface area contributed by atoms with Gasteiger partial charge in [0.15, 0.2) is 5.78 Å². The van der Waals surface area contributed by atoms with Crippen molar-refractivity contribution in [3.8, 4) is 0 Å². The first kappa shape index (κ1) is 10.5. The van der Waals surface area contributed by atoms with Crippen LogP contribution in [0.3, 0.4) is 0 Å². The molecule has 5 heteroatoms. The number of thiophene rings is 2. The van der Waals surface area contributed by atoms with Crippen LogP contribution in [0.25, 0.3) is 0 Å². The molecule has 0 radical (unpaired) electrons. The molecule has 0 aliphatic carbocycles. The molecule has 2 aromatic rings. The number of hydrogen-bond donors (Lipinski definition) is 0. The number of ketones is 1. The van der Waals surface area contributed by atoms with E-state index in [0.29, 0.717) is 0 Å². The molecular formula is C9H4Br2OS2. The van der Waals surface area contributed by atoms with Gasteiger partial charge < -0.3 is 0 Å². The van der Waals surface area contributed by atoms with Crippen molar-refractivity contribution in [2.45, 2.75) is 0 Å². The van der Waals surface area contributed by atoms with Crippen LogP contribution in [0, 0.1) is 0 Å². The molecule has 0 aromatic carbocycles. The van der Waals surface area contributed by atoms with E-state index in [1.165, 1.54) is 22.7 Å². The van der Waals surface area contributed by atoms with Crippen LogP contribution < -0.4 is 0 Å². The van der Waals surface area contributed by atoms with Crippen molar-refractivity contribution >= 4 is 60.3 Å². The summed E-state index contributed by atoms with van der Waals surface area (Å²) in [6.45, 7) is 0. The lowest BCUT2D eigenvalue weighted by atomic mass is 10.1. The number of carbonyl (C=O) groups is 1. The average Bonchev–Trinajstić information content (AvgIpc) is 2.73. The predicted octanol–water partition coefficient (Wildman–Crippen LogP) is 4.57. The Morgan fingerprint density at radius 2 is 2.00 bits per heavy atom. The predicted molar refractivity (Wildman–Crippen MR) is 67.5 cm³/mol. The molecule has 0 saturated heterocycles. The molecule has 14 heavy (non-hydrogen) atoms. The Balaban J connectivity index is 2.38. The summed E-state index contributed by atoms with van der Waals surface area (Å²) in [5.41, 5.74) is 1.47. The monoisotopic (exact) mass is 350 g/mol. The molecule has 0 spiro atoms. The quantitative estimate of drug-likeness (QED) is 0.724. The molecule has 0 unspecified atom stereocenters. The van der Waals surface area contributed by atoms with Crippen LogP contribution in [0.5, 0.6) is 0 Å². The number of carbonyl (C=O) groups excluding carboxylic acids is 1. The largest absolute Gasteiger partial charge is 0.289 e. The fraction of sp³-hybridized carbons (Fsp3) is 0. The normalized spacial score (nSPS) is 10.4. The van der Waals surface area contributed by atoms with Crippen molar-refractivity contribution in [2.24, 2.45) is 0 Å². The smallest absolute Gasteiger partial charge is 0.195 e. The van der Waals surface area contributed by atoms with E-state index in [1.54, 1.807) is 0 Å². The second kappa shape index (κ2) is 4.26. The molecule has 0 amide bonds. The van der Waals surface area contributed by atoms with Crippen LogP contribution >= 0.6 is 54.5 Å². The van der Waals surface area contributed by atoms with Gasteiger partial charge in [-0.2, -0.15) is 11.3 Å². The zero-order chi connectivity index (χ0) is 10.1. The first-order chi connectivity index (χ1) is 6.68. The van der Waals surface area contributed by atoms with Gasteiger partial charge in [0, 0.05) is 31.7 Å². The van der Waals surface area contributed by atoms with E-state index >= 15 is 0 Å². The summed E-state index contributed by atoms with van der Waals surface area (Å²) in [6, 6.07) is 1.84. The zero-order valence-corrected chi connectivity index (χ0v) is 11.6. The van der Waals surface area contributed by atoms with E-state index < -0.39 is 0 Å². The molecule has 0 fully saturated rings. The van der Waals surface area contributed by atoms with Crippen LogP contribution in [0.1, 0.15) is 15.9 Å². The minimum Gasteiger partial charge on any atom is -0.289 e. The summed E-state index contributed by atoms with van der Waals surface area (Å²) in [6.07, 6.45) is 0. The van der Waals surface area contributed by atoms with E-state index in [-0.39, 0.29) is 5.78 Å². The Morgan fingerprint density at radius 1 is 1.21 bits per heavy atom. The van der Waals surface area contributed by atoms with Crippen LogP contribution in [0.15, 0.2) is 30.5 Å². The SMILES string of the molecule is O=C(c1csc(Br)c1)c1cscc1Br. The Morgan fingerprint density at radius 3 is 2.50 bits per heavy atom. The van der Waals surface area contributed by atoms with Gasteiger partial charge in [-0.3, -0.25) is 4.79 Å². The molecule has 72 valence electrons. The maximum absolute atomic E-state index is 11.9. The third-order valence-electron chi connectivity index (χ3n) is 1.69. The topological polar surface area (TPSA) is 17.1 Å². The van der Waals surface area contributed by atoms with E-state index in [2.05, 4.69) is 31.9 Å². The van der Waals surface area contributed by atoms with Gasteiger partial charge in [0.05, 0.1) is 3.79 Å². The number of rotatable bonds is 2. The summed E-state index contributed by atoms with van der Waals surface area (Å²) in [4.78, 5) is 11.9. The number of halogens is 2. The Kier molecular flexibility index (Phi) is 3.21. The van der Waals surface area contributed by atoms with Crippen molar-refractivity contribution in [3.05, 3.63) is 41.6 Å². The highest BCUT2D eigenvalue weighted by Crippen LogP contribution is 2.27. The molecule has 0 aliphatic rings. The van der Waals surface area contributed by atoms with Crippen LogP contribution in [-0.2, 0) is 0 Å². The van der Waals surface area contributed by atoms with Crippen molar-refractivity contribution in [3.63, 3.8) is 0 Å². The molecule has 2 rings (SSSR count). The molecule has 0 bridgehead atoms. The Labute approximate surface area is 106 Å². The summed E-state index contributed by atoms with van der Waals surface area (Å²) in [5, 5.41) is 5.63. The van der Waals surface area contributed by atoms with Gasteiger partial charge in [0.2, 0.25) is 0 Å². The first-order valence-corrected chi connectivity index (χ1v) is 7.10. The van der Waals surface area contributed by atoms with Crippen LogP contribution in [-0.4, -0.2) is 5.78 Å². The van der Waals surface area contributed by atoms with E-state index in [9.17, 15) is 4.79 Å². The maximum Gasteiger partial charge on any atom is 0.195 e. The zero-order valence-electron chi connectivity index (χ0n) is 6.79. The average molecular weight is 352 g/mol. The highest BCUT2D eigenvalue weighted by Gasteiger charge is 2.14. The Bertz CT molecular complexity index is 473. The molecule has 0 aliphatic heterocycles. The molecular weight excluding hydrogens is 348 g/mol. The molecule has 0 saturated carbocycles. The minimum atomic E-state index is 0.0695. The van der Waals surface area contributed by atoms with Gasteiger partial charge >= 0.3 is 0 Å². The number of hydrogen-bond acceptors (Lipinski definition) is 3. The van der Waals surface area contributed by atoms with Crippen molar-refractivity contribution in [1.82, 2.24) is 0 Å². The van der Waals surface area contributed by atoms with Crippen molar-refractivity contribution in [2.75, 3.05) is 0 Å². The molecule has 0 atom stereocenters. The fourth-order valence-electron chi connectivity index (χ4n) is 1.03. The van der Waals surface area contributed by atoms with Gasteiger partial charge in [-0.1, -0.05) is 0 Å². The second-order valence-electron chi connectivity index (χ2n) is 2.60. The standard InChI is InChI=1S/C9H4Br2OS2/c10-7-4-13-3-6(7)9(12)5-1-8(11)14-2-5/h1-4H. The maximum atomic E-state index is 11.9. The fourth-order valence-corrected chi connectivity index (χ4v) is 3.62. The molecule has 2 heterocycles. The van der Waals surface area contributed by atoms with Crippen LogP contribution in [0.2, 0.25) is 0 Å². The van der Waals surface area contributed by atoms with E-state index in [1.807, 2.05) is 22.2 Å². The highest BCUT2D eigenvalue weighted by molar-refractivity contribution is 9.11. The van der Waals surface area contributed by atoms with E-state index in [4.69, 9.17) is 0 Å². The van der Waals surface area contributed by atoms with Crippen molar-refractivity contribution < 1.29 is 4.79 Å². The molecule has 2 aromatic heterocycles. The minimum absolute atomic E-state index is 0.0695. The lowest BCUT2D eigenvalue weighted by molar-refractivity contribution is 0.103. The second-order valence-corrected chi connectivity index (χ2v) is 6.49. The Hall–Kier alpha value is 0.0300. The summed E-state index contributed by atoms with van der Waals surface area (Å²) >= 11 is 9.73. The van der Waals surface area contributed by atoms with Gasteiger partial charge in [-0.05, 0) is 37.9 Å². The van der Waals surface area contributed by atoms with E-state index in [0.717, 1.165) is 19.4 Å². The highest BCUT2D eigenvalue weighted by atomic mass is 79.9. The van der Waals surface area contributed by atoms with Gasteiger partial charge in [0.25, 0.3) is 0 Å². The summed E-state index contributed by atoms with van der Waals surface area (Å²) in [5.74, 6) is 0.0695. The molecule has 0 N–H and O–H groups in total.